The van der Waals surface area contributed by atoms with Crippen LogP contribution in [0.5, 0.6) is 5.75 Å². The lowest BCUT2D eigenvalue weighted by atomic mass is 10.2. The number of pyridine rings is 1. The number of hydrogen-bond donors (Lipinski definition) is 2. The Morgan fingerprint density at radius 1 is 1.24 bits per heavy atom. The minimum Gasteiger partial charge on any atom is -0.495 e. The predicted molar refractivity (Wildman–Crippen MR) is 68.4 cm³/mol. The third-order valence-electron chi connectivity index (χ3n) is 2.50. The van der Waals surface area contributed by atoms with Crippen molar-refractivity contribution >= 4 is 11.4 Å². The van der Waals surface area contributed by atoms with Gasteiger partial charge in [-0.15, -0.1) is 0 Å². The fraction of sp³-hybridized carbons (Fsp3) is 0.154. The quantitative estimate of drug-likeness (QED) is 0.844. The molecular formula is C13H15N3O. The van der Waals surface area contributed by atoms with E-state index in [2.05, 4.69) is 10.3 Å². The summed E-state index contributed by atoms with van der Waals surface area (Å²) in [6, 6.07) is 9.65. The number of para-hydroxylation sites is 2. The van der Waals surface area contributed by atoms with Gasteiger partial charge >= 0.3 is 0 Å². The van der Waals surface area contributed by atoms with Crippen LogP contribution in [-0.4, -0.2) is 12.1 Å². The van der Waals surface area contributed by atoms with Crippen LogP contribution in [0.25, 0.3) is 0 Å². The molecule has 88 valence electrons. The Hall–Kier alpha value is -2.07. The number of ether oxygens (including phenoxy) is 1. The van der Waals surface area contributed by atoms with Crippen molar-refractivity contribution in [2.45, 2.75) is 6.54 Å². The van der Waals surface area contributed by atoms with E-state index in [1.807, 2.05) is 30.3 Å². The molecule has 0 radical (unpaired) electrons. The number of anilines is 2. The maximum atomic E-state index is 5.66. The second-order valence-electron chi connectivity index (χ2n) is 3.56. The van der Waals surface area contributed by atoms with Crippen molar-refractivity contribution in [3.8, 4) is 5.75 Å². The van der Waals surface area contributed by atoms with E-state index in [0.29, 0.717) is 6.54 Å². The molecule has 0 saturated carbocycles. The molecule has 17 heavy (non-hydrogen) atoms. The Morgan fingerprint density at radius 3 is 2.82 bits per heavy atom. The van der Waals surface area contributed by atoms with Gasteiger partial charge in [-0.1, -0.05) is 12.1 Å². The van der Waals surface area contributed by atoms with Gasteiger partial charge < -0.3 is 15.8 Å². The van der Waals surface area contributed by atoms with Crippen LogP contribution >= 0.6 is 0 Å². The molecule has 0 amide bonds. The molecule has 0 atom stereocenters. The zero-order valence-electron chi connectivity index (χ0n) is 9.68. The van der Waals surface area contributed by atoms with Crippen molar-refractivity contribution in [3.05, 3.63) is 48.3 Å². The van der Waals surface area contributed by atoms with Gasteiger partial charge in [-0.25, -0.2) is 0 Å². The third kappa shape index (κ3) is 2.54. The topological polar surface area (TPSA) is 60.2 Å². The van der Waals surface area contributed by atoms with Crippen molar-refractivity contribution in [1.29, 1.82) is 0 Å². The highest BCUT2D eigenvalue weighted by molar-refractivity contribution is 5.67. The summed E-state index contributed by atoms with van der Waals surface area (Å²) in [5, 5.41) is 3.30. The summed E-state index contributed by atoms with van der Waals surface area (Å²) in [5.41, 5.74) is 8.50. The number of hydrogen-bond acceptors (Lipinski definition) is 4. The largest absolute Gasteiger partial charge is 0.495 e. The molecule has 1 aromatic heterocycles. The molecule has 0 aliphatic carbocycles. The fourth-order valence-electron chi connectivity index (χ4n) is 1.60. The Bertz CT molecular complexity index is 454. The SMILES string of the molecule is COc1ccccc1Nc1ccncc1CN. The lowest BCUT2D eigenvalue weighted by Crippen LogP contribution is -2.03. The number of rotatable bonds is 4. The summed E-state index contributed by atoms with van der Waals surface area (Å²) in [4.78, 5) is 4.05. The van der Waals surface area contributed by atoms with Crippen molar-refractivity contribution < 1.29 is 4.74 Å². The highest BCUT2D eigenvalue weighted by Crippen LogP contribution is 2.28. The number of methoxy groups -OCH3 is 1. The first kappa shape index (κ1) is 11.4. The van der Waals surface area contributed by atoms with Gasteiger partial charge in [0.25, 0.3) is 0 Å². The Balaban J connectivity index is 2.31. The summed E-state index contributed by atoms with van der Waals surface area (Å²) in [5.74, 6) is 0.798. The number of nitrogens with zero attached hydrogens (tertiary/aromatic N) is 1. The minimum absolute atomic E-state index is 0.450. The molecule has 4 nitrogen and oxygen atoms in total. The highest BCUT2D eigenvalue weighted by Gasteiger charge is 2.04. The second-order valence-corrected chi connectivity index (χ2v) is 3.56. The Labute approximate surface area is 100 Å². The van der Waals surface area contributed by atoms with Crippen molar-refractivity contribution in [1.82, 2.24) is 4.98 Å². The van der Waals surface area contributed by atoms with Crippen LogP contribution in [0.1, 0.15) is 5.56 Å². The van der Waals surface area contributed by atoms with Crippen LogP contribution in [0.15, 0.2) is 42.7 Å². The minimum atomic E-state index is 0.450. The number of aromatic nitrogens is 1. The van der Waals surface area contributed by atoms with Crippen LogP contribution < -0.4 is 15.8 Å². The summed E-state index contributed by atoms with van der Waals surface area (Å²) >= 11 is 0. The fourth-order valence-corrected chi connectivity index (χ4v) is 1.60. The van der Waals surface area contributed by atoms with E-state index in [4.69, 9.17) is 10.5 Å². The third-order valence-corrected chi connectivity index (χ3v) is 2.50. The van der Waals surface area contributed by atoms with E-state index in [0.717, 1.165) is 22.7 Å². The second kappa shape index (κ2) is 5.32. The van der Waals surface area contributed by atoms with E-state index >= 15 is 0 Å². The molecule has 0 aliphatic heterocycles. The van der Waals surface area contributed by atoms with E-state index in [9.17, 15) is 0 Å². The molecule has 2 aromatic rings. The Morgan fingerprint density at radius 2 is 2.06 bits per heavy atom. The van der Waals surface area contributed by atoms with Crippen LogP contribution in [0.2, 0.25) is 0 Å². The maximum absolute atomic E-state index is 5.66. The average Bonchev–Trinajstić information content (AvgIpc) is 2.40. The smallest absolute Gasteiger partial charge is 0.142 e. The molecule has 1 aromatic carbocycles. The number of nitrogens with two attached hydrogens (primary N) is 1. The lowest BCUT2D eigenvalue weighted by molar-refractivity contribution is 0.417. The van der Waals surface area contributed by atoms with Gasteiger partial charge in [0.1, 0.15) is 5.75 Å². The molecule has 2 rings (SSSR count). The monoisotopic (exact) mass is 229 g/mol. The molecule has 1 heterocycles. The summed E-state index contributed by atoms with van der Waals surface area (Å²) in [6.45, 7) is 0.450. The van der Waals surface area contributed by atoms with Gasteiger partial charge in [-0.2, -0.15) is 0 Å². The molecule has 3 N–H and O–H groups in total. The van der Waals surface area contributed by atoms with Gasteiger partial charge in [0.2, 0.25) is 0 Å². The standard InChI is InChI=1S/C13H15N3O/c1-17-13-5-3-2-4-12(13)16-11-6-7-15-9-10(11)8-14/h2-7,9H,8,14H2,1H3,(H,15,16). The van der Waals surface area contributed by atoms with E-state index in [1.165, 1.54) is 0 Å². The molecule has 0 saturated heterocycles. The molecule has 4 heteroatoms. The zero-order chi connectivity index (χ0) is 12.1. The van der Waals surface area contributed by atoms with E-state index in [1.54, 1.807) is 19.5 Å². The molecule has 0 aliphatic rings. The lowest BCUT2D eigenvalue weighted by Gasteiger charge is -2.13. The highest BCUT2D eigenvalue weighted by atomic mass is 16.5. The average molecular weight is 229 g/mol. The number of nitrogens with one attached hydrogen (secondary N) is 1. The van der Waals surface area contributed by atoms with Gasteiger partial charge in [-0.05, 0) is 18.2 Å². The van der Waals surface area contributed by atoms with Gasteiger partial charge in [0, 0.05) is 30.2 Å². The summed E-state index contributed by atoms with van der Waals surface area (Å²) < 4.78 is 5.28. The van der Waals surface area contributed by atoms with Gasteiger partial charge in [-0.3, -0.25) is 4.98 Å². The Kier molecular flexibility index (Phi) is 3.57. The molecule has 0 spiro atoms. The normalized spacial score (nSPS) is 10.0. The van der Waals surface area contributed by atoms with Crippen molar-refractivity contribution in [3.63, 3.8) is 0 Å². The molecule has 0 bridgehead atoms. The maximum Gasteiger partial charge on any atom is 0.142 e. The van der Waals surface area contributed by atoms with Crippen molar-refractivity contribution in [2.75, 3.05) is 12.4 Å². The molecule has 0 unspecified atom stereocenters. The van der Waals surface area contributed by atoms with Crippen molar-refractivity contribution in [2.24, 2.45) is 5.73 Å². The summed E-state index contributed by atoms with van der Waals surface area (Å²) in [7, 11) is 1.65. The number of benzene rings is 1. The first-order chi connectivity index (χ1) is 8.35. The van der Waals surface area contributed by atoms with Gasteiger partial charge in [0.15, 0.2) is 0 Å². The molecule has 0 fully saturated rings. The first-order valence-electron chi connectivity index (χ1n) is 5.38. The first-order valence-corrected chi connectivity index (χ1v) is 5.38. The summed E-state index contributed by atoms with van der Waals surface area (Å²) in [6.07, 6.45) is 3.49. The van der Waals surface area contributed by atoms with Crippen LogP contribution in [0, 0.1) is 0 Å². The van der Waals surface area contributed by atoms with Crippen LogP contribution in [-0.2, 0) is 6.54 Å². The van der Waals surface area contributed by atoms with Crippen LogP contribution in [0.4, 0.5) is 11.4 Å². The van der Waals surface area contributed by atoms with E-state index in [-0.39, 0.29) is 0 Å². The predicted octanol–water partition coefficient (Wildman–Crippen LogP) is 2.29. The van der Waals surface area contributed by atoms with E-state index < -0.39 is 0 Å². The zero-order valence-corrected chi connectivity index (χ0v) is 9.68. The van der Waals surface area contributed by atoms with Crippen LogP contribution in [0.3, 0.4) is 0 Å². The molecular weight excluding hydrogens is 214 g/mol. The van der Waals surface area contributed by atoms with Gasteiger partial charge in [0.05, 0.1) is 12.8 Å².